The summed E-state index contributed by atoms with van der Waals surface area (Å²) in [7, 11) is 0. The summed E-state index contributed by atoms with van der Waals surface area (Å²) in [5.74, 6) is 1.25. The van der Waals surface area contributed by atoms with E-state index in [0.717, 1.165) is 25.7 Å². The maximum Gasteiger partial charge on any atom is 0.0620 e. The zero-order chi connectivity index (χ0) is 16.7. The summed E-state index contributed by atoms with van der Waals surface area (Å²) in [6.45, 7) is 9.07. The van der Waals surface area contributed by atoms with E-state index in [0.29, 0.717) is 11.8 Å². The minimum atomic E-state index is -0.489. The number of benzene rings is 2. The van der Waals surface area contributed by atoms with Gasteiger partial charge in [-0.05, 0) is 66.2 Å². The van der Waals surface area contributed by atoms with Crippen molar-refractivity contribution in [1.29, 1.82) is 0 Å². The van der Waals surface area contributed by atoms with Crippen LogP contribution < -0.4 is 0 Å². The standard InChI is InChI=1S/C22H30O/c1-16(2)17(3)22(13-11-21(4,23)12-14-22)20-10-9-18-7-5-6-8-19(18)15-20/h5-10,15-17,23H,11-14H2,1-4H3. The van der Waals surface area contributed by atoms with E-state index in [1.165, 1.54) is 16.3 Å². The van der Waals surface area contributed by atoms with Crippen molar-refractivity contribution in [3.05, 3.63) is 48.0 Å². The maximum absolute atomic E-state index is 10.4. The van der Waals surface area contributed by atoms with Gasteiger partial charge in [-0.15, -0.1) is 0 Å². The van der Waals surface area contributed by atoms with Gasteiger partial charge in [0.05, 0.1) is 5.60 Å². The third-order valence-electron chi connectivity index (χ3n) is 6.42. The first-order valence-corrected chi connectivity index (χ1v) is 9.06. The Morgan fingerprint density at radius 3 is 2.09 bits per heavy atom. The van der Waals surface area contributed by atoms with Gasteiger partial charge in [0.1, 0.15) is 0 Å². The van der Waals surface area contributed by atoms with Crippen LogP contribution in [0.25, 0.3) is 10.8 Å². The van der Waals surface area contributed by atoms with Crippen molar-refractivity contribution in [2.75, 3.05) is 0 Å². The van der Waals surface area contributed by atoms with Crippen molar-refractivity contribution < 1.29 is 5.11 Å². The summed E-state index contributed by atoms with van der Waals surface area (Å²) in [6.07, 6.45) is 3.96. The van der Waals surface area contributed by atoms with E-state index < -0.39 is 5.60 Å². The Morgan fingerprint density at radius 2 is 1.48 bits per heavy atom. The Labute approximate surface area is 140 Å². The van der Waals surface area contributed by atoms with Crippen LogP contribution in [-0.4, -0.2) is 10.7 Å². The Hall–Kier alpha value is -1.34. The molecule has 1 fully saturated rings. The van der Waals surface area contributed by atoms with E-state index in [4.69, 9.17) is 0 Å². The third kappa shape index (κ3) is 3.04. The molecule has 23 heavy (non-hydrogen) atoms. The highest BCUT2D eigenvalue weighted by molar-refractivity contribution is 5.83. The SMILES string of the molecule is CC(C)C(C)C1(c2ccc3ccccc3c2)CCC(C)(O)CC1. The fourth-order valence-electron chi connectivity index (χ4n) is 4.38. The lowest BCUT2D eigenvalue weighted by Gasteiger charge is -2.48. The van der Waals surface area contributed by atoms with E-state index in [1.54, 1.807) is 0 Å². The molecule has 0 saturated heterocycles. The maximum atomic E-state index is 10.4. The molecule has 0 spiro atoms. The molecule has 1 saturated carbocycles. The molecule has 0 radical (unpaired) electrons. The number of aliphatic hydroxyl groups is 1. The number of rotatable bonds is 3. The van der Waals surface area contributed by atoms with Crippen LogP contribution in [0.2, 0.25) is 0 Å². The van der Waals surface area contributed by atoms with Gasteiger partial charge in [0, 0.05) is 0 Å². The van der Waals surface area contributed by atoms with Gasteiger partial charge in [0.25, 0.3) is 0 Å². The molecule has 1 aliphatic rings. The van der Waals surface area contributed by atoms with Crippen molar-refractivity contribution >= 4 is 10.8 Å². The lowest BCUT2D eigenvalue weighted by atomic mass is 9.57. The first-order valence-electron chi connectivity index (χ1n) is 9.06. The predicted molar refractivity (Wildman–Crippen MR) is 98.7 cm³/mol. The molecular weight excluding hydrogens is 280 g/mol. The second-order valence-corrected chi connectivity index (χ2v) is 8.25. The molecule has 124 valence electrons. The Bertz CT molecular complexity index is 673. The molecule has 0 aromatic heterocycles. The molecule has 1 nitrogen and oxygen atoms in total. The van der Waals surface area contributed by atoms with Crippen LogP contribution in [-0.2, 0) is 5.41 Å². The van der Waals surface area contributed by atoms with Crippen LogP contribution in [0.5, 0.6) is 0 Å². The van der Waals surface area contributed by atoms with E-state index in [9.17, 15) is 5.11 Å². The molecule has 0 heterocycles. The highest BCUT2D eigenvalue weighted by atomic mass is 16.3. The van der Waals surface area contributed by atoms with Crippen LogP contribution in [0, 0.1) is 11.8 Å². The highest BCUT2D eigenvalue weighted by Gasteiger charge is 2.44. The molecule has 1 unspecified atom stereocenters. The quantitative estimate of drug-likeness (QED) is 0.771. The minimum Gasteiger partial charge on any atom is -0.390 e. The lowest BCUT2D eigenvalue weighted by molar-refractivity contribution is -0.0154. The second kappa shape index (κ2) is 5.94. The Balaban J connectivity index is 2.06. The second-order valence-electron chi connectivity index (χ2n) is 8.25. The largest absolute Gasteiger partial charge is 0.390 e. The van der Waals surface area contributed by atoms with Crippen molar-refractivity contribution in [3.8, 4) is 0 Å². The fourth-order valence-corrected chi connectivity index (χ4v) is 4.38. The molecule has 1 aliphatic carbocycles. The van der Waals surface area contributed by atoms with Crippen molar-refractivity contribution in [1.82, 2.24) is 0 Å². The van der Waals surface area contributed by atoms with Gasteiger partial charge in [0.2, 0.25) is 0 Å². The van der Waals surface area contributed by atoms with Gasteiger partial charge in [-0.2, -0.15) is 0 Å². The summed E-state index contributed by atoms with van der Waals surface area (Å²) < 4.78 is 0. The topological polar surface area (TPSA) is 20.2 Å². The summed E-state index contributed by atoms with van der Waals surface area (Å²) in [5, 5.41) is 13.1. The summed E-state index contributed by atoms with van der Waals surface area (Å²) in [5.41, 5.74) is 1.17. The zero-order valence-electron chi connectivity index (χ0n) is 15.0. The first-order chi connectivity index (χ1) is 10.8. The van der Waals surface area contributed by atoms with Crippen molar-refractivity contribution in [2.24, 2.45) is 11.8 Å². The number of hydrogen-bond acceptors (Lipinski definition) is 1. The van der Waals surface area contributed by atoms with Crippen molar-refractivity contribution in [3.63, 3.8) is 0 Å². The normalized spacial score (nSPS) is 29.8. The summed E-state index contributed by atoms with van der Waals surface area (Å²) >= 11 is 0. The average Bonchev–Trinajstić information content (AvgIpc) is 2.54. The van der Waals surface area contributed by atoms with Gasteiger partial charge in [-0.1, -0.05) is 63.2 Å². The van der Waals surface area contributed by atoms with Crippen LogP contribution in [0.15, 0.2) is 42.5 Å². The van der Waals surface area contributed by atoms with E-state index >= 15 is 0 Å². The van der Waals surface area contributed by atoms with Crippen molar-refractivity contribution in [2.45, 2.75) is 64.4 Å². The molecule has 1 heteroatoms. The summed E-state index contributed by atoms with van der Waals surface area (Å²) in [6, 6.07) is 15.6. The van der Waals surface area contributed by atoms with Gasteiger partial charge in [-0.3, -0.25) is 0 Å². The predicted octanol–water partition coefficient (Wildman–Crippen LogP) is 5.69. The monoisotopic (exact) mass is 310 g/mol. The zero-order valence-corrected chi connectivity index (χ0v) is 15.0. The third-order valence-corrected chi connectivity index (χ3v) is 6.42. The van der Waals surface area contributed by atoms with Crippen LogP contribution >= 0.6 is 0 Å². The molecule has 0 amide bonds. The van der Waals surface area contributed by atoms with Gasteiger partial charge in [-0.25, -0.2) is 0 Å². The molecule has 1 N–H and O–H groups in total. The van der Waals surface area contributed by atoms with Gasteiger partial charge in [0.15, 0.2) is 0 Å². The molecule has 3 rings (SSSR count). The smallest absolute Gasteiger partial charge is 0.0620 e. The van der Waals surface area contributed by atoms with E-state index in [-0.39, 0.29) is 5.41 Å². The molecule has 2 aromatic carbocycles. The van der Waals surface area contributed by atoms with E-state index in [2.05, 4.69) is 63.2 Å². The molecule has 1 atom stereocenters. The fraction of sp³-hybridized carbons (Fsp3) is 0.545. The van der Waals surface area contributed by atoms with Crippen LogP contribution in [0.4, 0.5) is 0 Å². The van der Waals surface area contributed by atoms with Crippen LogP contribution in [0.1, 0.15) is 58.9 Å². The molecule has 0 aliphatic heterocycles. The lowest BCUT2D eigenvalue weighted by Crippen LogP contribution is -2.44. The molecule has 0 bridgehead atoms. The molecule has 2 aromatic rings. The van der Waals surface area contributed by atoms with E-state index in [1.807, 2.05) is 6.92 Å². The number of fused-ring (bicyclic) bond motifs is 1. The highest BCUT2D eigenvalue weighted by Crippen LogP contribution is 2.50. The van der Waals surface area contributed by atoms with Crippen LogP contribution in [0.3, 0.4) is 0 Å². The first kappa shape index (κ1) is 16.5. The minimum absolute atomic E-state index is 0.195. The van der Waals surface area contributed by atoms with Gasteiger partial charge >= 0.3 is 0 Å². The Kier molecular flexibility index (Phi) is 4.27. The Morgan fingerprint density at radius 1 is 0.870 bits per heavy atom. The number of hydrogen-bond donors (Lipinski definition) is 1. The average molecular weight is 310 g/mol. The molecular formula is C22H30O. The summed E-state index contributed by atoms with van der Waals surface area (Å²) in [4.78, 5) is 0. The van der Waals surface area contributed by atoms with Gasteiger partial charge < -0.3 is 5.11 Å².